The first kappa shape index (κ1) is 14.5. The molecule has 1 saturated heterocycles. The quantitative estimate of drug-likeness (QED) is 0.811. The second kappa shape index (κ2) is 5.60. The molecule has 2 atom stereocenters. The fourth-order valence-corrected chi connectivity index (χ4v) is 2.62. The van der Waals surface area contributed by atoms with Crippen molar-refractivity contribution < 1.29 is 24.3 Å². The van der Waals surface area contributed by atoms with Crippen molar-refractivity contribution in [2.24, 2.45) is 0 Å². The molecule has 0 unspecified atom stereocenters. The van der Waals surface area contributed by atoms with Crippen LogP contribution in [0.1, 0.15) is 17.9 Å². The lowest BCUT2D eigenvalue weighted by Crippen LogP contribution is -2.54. The van der Waals surface area contributed by atoms with Crippen LogP contribution in [0, 0.1) is 0 Å². The fourth-order valence-electron chi connectivity index (χ4n) is 2.62. The van der Waals surface area contributed by atoms with Crippen molar-refractivity contribution in [2.75, 3.05) is 20.8 Å². The number of amides is 1. The molecule has 0 spiro atoms. The van der Waals surface area contributed by atoms with Crippen molar-refractivity contribution in [1.29, 1.82) is 0 Å². The SMILES string of the molecule is COC(=O)[C@]1(CO)C[C@@H](c2ccccc2)C(=O)N1OC. The smallest absolute Gasteiger partial charge is 0.336 e. The molecule has 1 amide bonds. The van der Waals surface area contributed by atoms with Crippen molar-refractivity contribution in [1.82, 2.24) is 5.06 Å². The Morgan fingerprint density at radius 2 is 2.05 bits per heavy atom. The molecular formula is C14H17NO5. The molecule has 0 radical (unpaired) electrons. The van der Waals surface area contributed by atoms with E-state index in [0.29, 0.717) is 0 Å². The number of aliphatic hydroxyl groups excluding tert-OH is 1. The van der Waals surface area contributed by atoms with Crippen LogP contribution < -0.4 is 0 Å². The zero-order chi connectivity index (χ0) is 14.8. The molecule has 1 aliphatic heterocycles. The van der Waals surface area contributed by atoms with Gasteiger partial charge in [-0.3, -0.25) is 9.63 Å². The van der Waals surface area contributed by atoms with Gasteiger partial charge in [-0.1, -0.05) is 30.3 Å². The highest BCUT2D eigenvalue weighted by Crippen LogP contribution is 2.40. The molecule has 1 heterocycles. The molecule has 2 rings (SSSR count). The Balaban J connectivity index is 2.42. The van der Waals surface area contributed by atoms with Gasteiger partial charge >= 0.3 is 5.97 Å². The molecule has 1 N–H and O–H groups in total. The van der Waals surface area contributed by atoms with Crippen molar-refractivity contribution in [3.05, 3.63) is 35.9 Å². The van der Waals surface area contributed by atoms with Crippen LogP contribution in [-0.4, -0.2) is 48.4 Å². The predicted octanol–water partition coefficient (Wildman–Crippen LogP) is 0.468. The Labute approximate surface area is 116 Å². The zero-order valence-electron chi connectivity index (χ0n) is 11.4. The molecule has 0 saturated carbocycles. The second-order valence-corrected chi connectivity index (χ2v) is 4.66. The van der Waals surface area contributed by atoms with Gasteiger partial charge in [0.1, 0.15) is 0 Å². The van der Waals surface area contributed by atoms with Crippen molar-refractivity contribution in [2.45, 2.75) is 17.9 Å². The average Bonchev–Trinajstić information content (AvgIpc) is 2.80. The molecule has 1 aliphatic rings. The Kier molecular flexibility index (Phi) is 4.06. The summed E-state index contributed by atoms with van der Waals surface area (Å²) in [7, 11) is 2.51. The number of hydrogen-bond acceptors (Lipinski definition) is 5. The highest BCUT2D eigenvalue weighted by Gasteiger charge is 2.58. The Morgan fingerprint density at radius 1 is 1.40 bits per heavy atom. The number of methoxy groups -OCH3 is 1. The predicted molar refractivity (Wildman–Crippen MR) is 69.5 cm³/mol. The van der Waals surface area contributed by atoms with Gasteiger partial charge in [0, 0.05) is 6.42 Å². The third-order valence-corrected chi connectivity index (χ3v) is 3.64. The van der Waals surface area contributed by atoms with E-state index in [4.69, 9.17) is 9.57 Å². The van der Waals surface area contributed by atoms with Gasteiger partial charge < -0.3 is 9.84 Å². The van der Waals surface area contributed by atoms with Crippen molar-refractivity contribution >= 4 is 11.9 Å². The van der Waals surface area contributed by atoms with Gasteiger partial charge in [0.2, 0.25) is 0 Å². The maximum absolute atomic E-state index is 12.4. The van der Waals surface area contributed by atoms with Crippen LogP contribution in [0.4, 0.5) is 0 Å². The van der Waals surface area contributed by atoms with E-state index >= 15 is 0 Å². The number of rotatable bonds is 4. The van der Waals surface area contributed by atoms with E-state index in [1.54, 1.807) is 12.1 Å². The molecule has 0 bridgehead atoms. The highest BCUT2D eigenvalue weighted by atomic mass is 16.7. The molecule has 20 heavy (non-hydrogen) atoms. The third kappa shape index (κ3) is 2.07. The van der Waals surface area contributed by atoms with Crippen molar-refractivity contribution in [3.8, 4) is 0 Å². The van der Waals surface area contributed by atoms with Gasteiger partial charge in [0.15, 0.2) is 5.54 Å². The van der Waals surface area contributed by atoms with Gasteiger partial charge in [-0.05, 0) is 5.56 Å². The number of nitrogens with zero attached hydrogens (tertiary/aromatic N) is 1. The summed E-state index contributed by atoms with van der Waals surface area (Å²) in [6, 6.07) is 9.09. The first-order valence-corrected chi connectivity index (χ1v) is 6.23. The number of hydroxylamine groups is 2. The first-order chi connectivity index (χ1) is 9.60. The van der Waals surface area contributed by atoms with E-state index in [-0.39, 0.29) is 12.3 Å². The molecule has 6 heteroatoms. The Hall–Kier alpha value is -1.92. The molecule has 0 aromatic heterocycles. The molecule has 1 aromatic carbocycles. The number of carbonyl (C=O) groups is 2. The first-order valence-electron chi connectivity index (χ1n) is 6.23. The molecule has 1 fully saturated rings. The number of carbonyl (C=O) groups excluding carboxylic acids is 2. The molecule has 6 nitrogen and oxygen atoms in total. The largest absolute Gasteiger partial charge is 0.467 e. The van der Waals surface area contributed by atoms with Crippen molar-refractivity contribution in [3.63, 3.8) is 0 Å². The van der Waals surface area contributed by atoms with Gasteiger partial charge in [-0.25, -0.2) is 9.86 Å². The van der Waals surface area contributed by atoms with Gasteiger partial charge in [0.25, 0.3) is 5.91 Å². The van der Waals surface area contributed by atoms with E-state index in [9.17, 15) is 14.7 Å². The Morgan fingerprint density at radius 3 is 2.55 bits per heavy atom. The van der Waals surface area contributed by atoms with E-state index in [1.165, 1.54) is 14.2 Å². The average molecular weight is 279 g/mol. The summed E-state index contributed by atoms with van der Waals surface area (Å²) < 4.78 is 4.72. The highest BCUT2D eigenvalue weighted by molar-refractivity contribution is 5.95. The minimum absolute atomic E-state index is 0.118. The summed E-state index contributed by atoms with van der Waals surface area (Å²) in [6.07, 6.45) is 0.118. The van der Waals surface area contributed by atoms with Crippen LogP contribution >= 0.6 is 0 Å². The Bertz CT molecular complexity index is 504. The molecule has 0 aliphatic carbocycles. The minimum Gasteiger partial charge on any atom is -0.467 e. The second-order valence-electron chi connectivity index (χ2n) is 4.66. The van der Waals surface area contributed by atoms with Crippen LogP contribution in [0.2, 0.25) is 0 Å². The monoisotopic (exact) mass is 279 g/mol. The number of esters is 1. The van der Waals surface area contributed by atoms with Gasteiger partial charge in [-0.15, -0.1) is 0 Å². The third-order valence-electron chi connectivity index (χ3n) is 3.64. The summed E-state index contributed by atoms with van der Waals surface area (Å²) in [5.74, 6) is -1.59. The van der Waals surface area contributed by atoms with Crippen LogP contribution in [0.15, 0.2) is 30.3 Å². The standard InChI is InChI=1S/C14H17NO5/c1-19-13(18)14(9-16)8-11(12(17)15(14)20-2)10-6-4-3-5-7-10/h3-7,11,16H,8-9H2,1-2H3/t11-,14+/m0/s1. The summed E-state index contributed by atoms with van der Waals surface area (Å²) in [4.78, 5) is 29.4. The lowest BCUT2D eigenvalue weighted by molar-refractivity contribution is -0.212. The lowest BCUT2D eigenvalue weighted by atomic mass is 9.89. The van der Waals surface area contributed by atoms with E-state index in [2.05, 4.69) is 0 Å². The van der Waals surface area contributed by atoms with Gasteiger partial charge in [0.05, 0.1) is 26.7 Å². The molecule has 108 valence electrons. The number of aliphatic hydroxyl groups is 1. The minimum atomic E-state index is -1.49. The van der Waals surface area contributed by atoms with E-state index in [1.807, 2.05) is 18.2 Å². The summed E-state index contributed by atoms with van der Waals surface area (Å²) in [6.45, 7) is -0.553. The van der Waals surface area contributed by atoms with E-state index < -0.39 is 24.0 Å². The van der Waals surface area contributed by atoms with Crippen LogP contribution in [0.5, 0.6) is 0 Å². The van der Waals surface area contributed by atoms with Crippen LogP contribution in [0.3, 0.4) is 0 Å². The fraction of sp³-hybridized carbons (Fsp3) is 0.429. The van der Waals surface area contributed by atoms with E-state index in [0.717, 1.165) is 10.6 Å². The lowest BCUT2D eigenvalue weighted by Gasteiger charge is -2.31. The normalized spacial score (nSPS) is 25.9. The summed E-state index contributed by atoms with van der Waals surface area (Å²) in [5, 5.41) is 10.6. The maximum Gasteiger partial charge on any atom is 0.336 e. The maximum atomic E-state index is 12.4. The summed E-state index contributed by atoms with van der Waals surface area (Å²) >= 11 is 0. The van der Waals surface area contributed by atoms with Crippen LogP contribution in [0.25, 0.3) is 0 Å². The summed E-state index contributed by atoms with van der Waals surface area (Å²) in [5.41, 5.74) is -0.708. The number of ether oxygens (including phenoxy) is 1. The topological polar surface area (TPSA) is 76.1 Å². The molecule has 1 aromatic rings. The number of benzene rings is 1. The van der Waals surface area contributed by atoms with Crippen LogP contribution in [-0.2, 0) is 19.2 Å². The zero-order valence-corrected chi connectivity index (χ0v) is 11.4. The van der Waals surface area contributed by atoms with Gasteiger partial charge in [-0.2, -0.15) is 0 Å². The molecular weight excluding hydrogens is 262 g/mol. The number of hydrogen-bond donors (Lipinski definition) is 1.